The number of hydrogen-bond acceptors (Lipinski definition) is 3. The summed E-state index contributed by atoms with van der Waals surface area (Å²) >= 11 is 12.1. The number of rotatable bonds is 4. The molecule has 0 unspecified atom stereocenters. The Labute approximate surface area is 153 Å². The molecule has 132 valence electrons. The van der Waals surface area contributed by atoms with E-state index in [1.165, 1.54) is 32.1 Å². The van der Waals surface area contributed by atoms with Crippen molar-refractivity contribution in [1.29, 1.82) is 0 Å². The molecular formula is C18H25Cl2N3O. The third-order valence-electron chi connectivity index (χ3n) is 5.28. The molecule has 1 aromatic rings. The number of piperazine rings is 1. The highest BCUT2D eigenvalue weighted by Crippen LogP contribution is 2.34. The average molecular weight is 370 g/mol. The van der Waals surface area contributed by atoms with Gasteiger partial charge in [-0.1, -0.05) is 42.5 Å². The van der Waals surface area contributed by atoms with Crippen molar-refractivity contribution in [2.24, 2.45) is 0 Å². The third-order valence-corrected chi connectivity index (χ3v) is 5.84. The second-order valence-corrected chi connectivity index (χ2v) is 7.71. The van der Waals surface area contributed by atoms with E-state index in [1.54, 1.807) is 18.2 Å². The van der Waals surface area contributed by atoms with Gasteiger partial charge in [-0.05, 0) is 31.0 Å². The number of carbonyl (C=O) groups is 1. The number of halogens is 2. The Morgan fingerprint density at radius 1 is 1.25 bits per heavy atom. The van der Waals surface area contributed by atoms with Crippen LogP contribution in [0.5, 0.6) is 0 Å². The zero-order valence-corrected chi connectivity index (χ0v) is 15.4. The molecular weight excluding hydrogens is 345 g/mol. The van der Waals surface area contributed by atoms with Gasteiger partial charge in [0.05, 0.1) is 10.7 Å². The molecule has 0 aromatic heterocycles. The van der Waals surface area contributed by atoms with E-state index in [0.717, 1.165) is 26.2 Å². The summed E-state index contributed by atoms with van der Waals surface area (Å²) in [5, 5.41) is 7.51. The van der Waals surface area contributed by atoms with Crippen LogP contribution >= 0.6 is 23.2 Å². The minimum Gasteiger partial charge on any atom is -0.325 e. The Balaban J connectivity index is 1.57. The van der Waals surface area contributed by atoms with Crippen LogP contribution in [0.15, 0.2) is 18.2 Å². The predicted octanol–water partition coefficient (Wildman–Crippen LogP) is 3.93. The summed E-state index contributed by atoms with van der Waals surface area (Å²) in [5.41, 5.74) is 0.839. The lowest BCUT2D eigenvalue weighted by molar-refractivity contribution is -0.117. The molecule has 24 heavy (non-hydrogen) atoms. The Hall–Kier alpha value is -0.810. The van der Waals surface area contributed by atoms with Gasteiger partial charge in [-0.3, -0.25) is 9.69 Å². The molecule has 3 rings (SSSR count). The van der Waals surface area contributed by atoms with Crippen LogP contribution in [0.4, 0.5) is 5.69 Å². The fourth-order valence-corrected chi connectivity index (χ4v) is 4.32. The summed E-state index contributed by atoms with van der Waals surface area (Å²) in [6.45, 7) is 3.87. The molecule has 1 heterocycles. The molecule has 1 aliphatic heterocycles. The van der Waals surface area contributed by atoms with Crippen molar-refractivity contribution in [3.05, 3.63) is 28.2 Å². The highest BCUT2D eigenvalue weighted by atomic mass is 35.5. The molecule has 0 bridgehead atoms. The van der Waals surface area contributed by atoms with Gasteiger partial charge in [0.15, 0.2) is 0 Å². The Kier molecular flexibility index (Phi) is 6.03. The highest BCUT2D eigenvalue weighted by molar-refractivity contribution is 6.35. The monoisotopic (exact) mass is 369 g/mol. The normalized spacial score (nSPS) is 20.9. The van der Waals surface area contributed by atoms with Crippen molar-refractivity contribution in [2.75, 3.05) is 31.5 Å². The number of amides is 1. The summed E-state index contributed by atoms with van der Waals surface area (Å²) in [6, 6.07) is 5.11. The first kappa shape index (κ1) is 18.0. The molecule has 1 saturated carbocycles. The molecule has 2 fully saturated rings. The maximum Gasteiger partial charge on any atom is 0.225 e. The van der Waals surface area contributed by atoms with Gasteiger partial charge in [0.1, 0.15) is 0 Å². The Morgan fingerprint density at radius 2 is 2.04 bits per heavy atom. The van der Waals surface area contributed by atoms with Crippen LogP contribution in [0.1, 0.15) is 38.5 Å². The Bertz CT molecular complexity index is 579. The summed E-state index contributed by atoms with van der Waals surface area (Å²) < 4.78 is 0. The van der Waals surface area contributed by atoms with E-state index in [1.807, 2.05) is 0 Å². The van der Waals surface area contributed by atoms with Gasteiger partial charge in [-0.25, -0.2) is 0 Å². The van der Waals surface area contributed by atoms with Gasteiger partial charge >= 0.3 is 0 Å². The molecule has 0 atom stereocenters. The third kappa shape index (κ3) is 4.23. The molecule has 1 spiro atoms. The van der Waals surface area contributed by atoms with Crippen molar-refractivity contribution in [1.82, 2.24) is 10.2 Å². The highest BCUT2D eigenvalue weighted by Gasteiger charge is 2.39. The average Bonchev–Trinajstić information content (AvgIpc) is 2.58. The number of hydrogen-bond donors (Lipinski definition) is 2. The van der Waals surface area contributed by atoms with E-state index in [2.05, 4.69) is 15.5 Å². The molecule has 4 nitrogen and oxygen atoms in total. The van der Waals surface area contributed by atoms with E-state index in [4.69, 9.17) is 23.2 Å². The second kappa shape index (κ2) is 8.05. The van der Waals surface area contributed by atoms with Crippen LogP contribution in [0.3, 0.4) is 0 Å². The minimum atomic E-state index is -0.0105. The number of anilines is 1. The van der Waals surface area contributed by atoms with Crippen LogP contribution < -0.4 is 10.6 Å². The fourth-order valence-electron chi connectivity index (χ4n) is 3.98. The van der Waals surface area contributed by atoms with Crippen molar-refractivity contribution >= 4 is 34.8 Å². The SMILES string of the molecule is O=C(CCN1CCNCC12CCCCC2)Nc1cc(Cl)ccc1Cl. The molecule has 2 aliphatic rings. The van der Waals surface area contributed by atoms with Crippen LogP contribution in [-0.2, 0) is 4.79 Å². The number of nitrogens with zero attached hydrogens (tertiary/aromatic N) is 1. The van der Waals surface area contributed by atoms with Crippen molar-refractivity contribution in [2.45, 2.75) is 44.1 Å². The van der Waals surface area contributed by atoms with E-state index < -0.39 is 0 Å². The number of benzene rings is 1. The van der Waals surface area contributed by atoms with Crippen molar-refractivity contribution in [3.8, 4) is 0 Å². The lowest BCUT2D eigenvalue weighted by atomic mass is 9.79. The van der Waals surface area contributed by atoms with E-state index in [-0.39, 0.29) is 11.4 Å². The summed E-state index contributed by atoms with van der Waals surface area (Å²) in [7, 11) is 0. The van der Waals surface area contributed by atoms with Crippen LogP contribution in [0.25, 0.3) is 0 Å². The lowest BCUT2D eigenvalue weighted by Crippen LogP contribution is -2.62. The second-order valence-electron chi connectivity index (χ2n) is 6.87. The number of carbonyl (C=O) groups excluding carboxylic acids is 1. The van der Waals surface area contributed by atoms with Gasteiger partial charge in [0, 0.05) is 43.2 Å². The zero-order valence-electron chi connectivity index (χ0n) is 13.9. The Morgan fingerprint density at radius 3 is 2.83 bits per heavy atom. The molecule has 6 heteroatoms. The number of nitrogens with one attached hydrogen (secondary N) is 2. The zero-order chi connectivity index (χ0) is 17.0. The van der Waals surface area contributed by atoms with E-state index >= 15 is 0 Å². The molecule has 1 aliphatic carbocycles. The molecule has 1 saturated heterocycles. The lowest BCUT2D eigenvalue weighted by Gasteiger charge is -2.50. The van der Waals surface area contributed by atoms with E-state index in [9.17, 15) is 4.79 Å². The summed E-state index contributed by atoms with van der Waals surface area (Å²) in [5.74, 6) is -0.0105. The molecule has 0 radical (unpaired) electrons. The van der Waals surface area contributed by atoms with Crippen LogP contribution in [0.2, 0.25) is 10.0 Å². The van der Waals surface area contributed by atoms with Gasteiger partial charge in [0.25, 0.3) is 0 Å². The smallest absolute Gasteiger partial charge is 0.225 e. The summed E-state index contributed by atoms with van der Waals surface area (Å²) in [6.07, 6.45) is 6.88. The van der Waals surface area contributed by atoms with Gasteiger partial charge in [-0.2, -0.15) is 0 Å². The molecule has 2 N–H and O–H groups in total. The quantitative estimate of drug-likeness (QED) is 0.844. The van der Waals surface area contributed by atoms with Gasteiger partial charge in [0.2, 0.25) is 5.91 Å². The van der Waals surface area contributed by atoms with Gasteiger partial charge < -0.3 is 10.6 Å². The first-order chi connectivity index (χ1) is 11.6. The predicted molar refractivity (Wildman–Crippen MR) is 100.0 cm³/mol. The maximum absolute atomic E-state index is 12.3. The van der Waals surface area contributed by atoms with E-state index in [0.29, 0.717) is 22.2 Å². The van der Waals surface area contributed by atoms with Crippen LogP contribution in [-0.4, -0.2) is 42.5 Å². The van der Waals surface area contributed by atoms with Crippen molar-refractivity contribution in [3.63, 3.8) is 0 Å². The van der Waals surface area contributed by atoms with Crippen molar-refractivity contribution < 1.29 is 4.79 Å². The fraction of sp³-hybridized carbons (Fsp3) is 0.611. The largest absolute Gasteiger partial charge is 0.325 e. The first-order valence-corrected chi connectivity index (χ1v) is 9.55. The topological polar surface area (TPSA) is 44.4 Å². The maximum atomic E-state index is 12.3. The minimum absolute atomic E-state index is 0.0105. The molecule has 1 aromatic carbocycles. The van der Waals surface area contributed by atoms with Gasteiger partial charge in [-0.15, -0.1) is 0 Å². The first-order valence-electron chi connectivity index (χ1n) is 8.80. The summed E-state index contributed by atoms with van der Waals surface area (Å²) in [4.78, 5) is 14.9. The molecule has 1 amide bonds. The standard InChI is InChI=1S/C18H25Cl2N3O/c19-14-4-5-15(20)16(12-14)22-17(24)6-10-23-11-9-21-13-18(23)7-2-1-3-8-18/h4-5,12,21H,1-3,6-11,13H2,(H,22,24). The van der Waals surface area contributed by atoms with Crippen LogP contribution in [0, 0.1) is 0 Å².